The number of hydrogen-bond donors (Lipinski definition) is 3. The smallest absolute Gasteiger partial charge is 0.261 e. The van der Waals surface area contributed by atoms with Crippen molar-refractivity contribution in [3.05, 3.63) is 22.4 Å². The van der Waals surface area contributed by atoms with Gasteiger partial charge in [-0.3, -0.25) is 9.79 Å². The molecule has 0 aliphatic carbocycles. The molecule has 0 fully saturated rings. The first-order valence-corrected chi connectivity index (χ1v) is 8.40. The van der Waals surface area contributed by atoms with Crippen LogP contribution in [-0.4, -0.2) is 51.3 Å². The third kappa shape index (κ3) is 7.42. The lowest BCUT2D eigenvalue weighted by Crippen LogP contribution is -2.44. The van der Waals surface area contributed by atoms with E-state index in [2.05, 4.69) is 20.9 Å². The Bertz CT molecular complexity index is 448. The highest BCUT2D eigenvalue weighted by Gasteiger charge is 2.05. The Morgan fingerprint density at radius 2 is 2.27 bits per heavy atom. The first-order chi connectivity index (χ1) is 10.7. The Morgan fingerprint density at radius 1 is 1.45 bits per heavy atom. The van der Waals surface area contributed by atoms with Gasteiger partial charge in [0.05, 0.1) is 11.5 Å². The minimum Gasteiger partial charge on any atom is -0.383 e. The van der Waals surface area contributed by atoms with E-state index in [1.54, 1.807) is 7.11 Å². The Labute approximate surface area is 136 Å². The number of hydrogen-bond acceptors (Lipinski definition) is 4. The normalized spacial score (nSPS) is 12.8. The maximum absolute atomic E-state index is 11.7. The van der Waals surface area contributed by atoms with E-state index in [-0.39, 0.29) is 11.9 Å². The number of guanidine groups is 1. The van der Waals surface area contributed by atoms with Crippen molar-refractivity contribution in [2.24, 2.45) is 4.99 Å². The summed E-state index contributed by atoms with van der Waals surface area (Å²) in [6.07, 6.45) is 0.798. The molecule has 1 aromatic rings. The molecule has 22 heavy (non-hydrogen) atoms. The van der Waals surface area contributed by atoms with Gasteiger partial charge in [0.25, 0.3) is 5.91 Å². The highest BCUT2D eigenvalue weighted by atomic mass is 32.1. The molecular weight excluding hydrogens is 300 g/mol. The number of methoxy groups -OCH3 is 1. The largest absolute Gasteiger partial charge is 0.383 e. The highest BCUT2D eigenvalue weighted by molar-refractivity contribution is 7.12. The van der Waals surface area contributed by atoms with Crippen LogP contribution in [0.5, 0.6) is 0 Å². The number of nitrogens with zero attached hydrogens (tertiary/aromatic N) is 1. The van der Waals surface area contributed by atoms with Gasteiger partial charge in [0.1, 0.15) is 0 Å². The Balaban J connectivity index is 2.26. The number of thiophene rings is 1. The fourth-order valence-corrected chi connectivity index (χ4v) is 2.45. The average molecular weight is 326 g/mol. The zero-order chi connectivity index (χ0) is 16.2. The Hall–Kier alpha value is -1.60. The van der Waals surface area contributed by atoms with E-state index in [4.69, 9.17) is 4.74 Å². The molecule has 6 nitrogen and oxygen atoms in total. The third-order valence-electron chi connectivity index (χ3n) is 2.78. The van der Waals surface area contributed by atoms with Gasteiger partial charge in [0.2, 0.25) is 0 Å². The Morgan fingerprint density at radius 3 is 2.91 bits per heavy atom. The molecule has 1 heterocycles. The van der Waals surface area contributed by atoms with E-state index in [1.807, 2.05) is 31.4 Å². The molecule has 0 aromatic carbocycles. The molecule has 0 saturated heterocycles. The number of ether oxygens (including phenoxy) is 1. The molecule has 0 aliphatic rings. The van der Waals surface area contributed by atoms with Crippen LogP contribution >= 0.6 is 11.3 Å². The SMILES string of the molecule is CCNC(=NCCCNC(=O)c1cccs1)NC(C)COC. The van der Waals surface area contributed by atoms with Crippen LogP contribution in [0.15, 0.2) is 22.5 Å². The molecule has 0 spiro atoms. The van der Waals surface area contributed by atoms with Crippen molar-refractivity contribution in [2.45, 2.75) is 26.3 Å². The van der Waals surface area contributed by atoms with E-state index in [0.29, 0.717) is 19.7 Å². The van der Waals surface area contributed by atoms with Crippen LogP contribution in [0.25, 0.3) is 0 Å². The lowest BCUT2D eigenvalue weighted by Gasteiger charge is -2.16. The highest BCUT2D eigenvalue weighted by Crippen LogP contribution is 2.07. The summed E-state index contributed by atoms with van der Waals surface area (Å²) in [5.41, 5.74) is 0. The predicted octanol–water partition coefficient (Wildman–Crippen LogP) is 1.46. The molecule has 124 valence electrons. The van der Waals surface area contributed by atoms with Gasteiger partial charge in [-0.15, -0.1) is 11.3 Å². The zero-order valence-electron chi connectivity index (χ0n) is 13.5. The molecule has 0 bridgehead atoms. The summed E-state index contributed by atoms with van der Waals surface area (Å²) in [6.45, 7) is 6.77. The van der Waals surface area contributed by atoms with Crippen molar-refractivity contribution in [1.29, 1.82) is 0 Å². The van der Waals surface area contributed by atoms with Gasteiger partial charge < -0.3 is 20.7 Å². The van der Waals surface area contributed by atoms with Gasteiger partial charge in [0, 0.05) is 32.8 Å². The van der Waals surface area contributed by atoms with Gasteiger partial charge in [0.15, 0.2) is 5.96 Å². The minimum absolute atomic E-state index is 0.0160. The monoisotopic (exact) mass is 326 g/mol. The lowest BCUT2D eigenvalue weighted by molar-refractivity contribution is 0.0957. The number of rotatable bonds is 9. The second kappa shape index (κ2) is 11.0. The minimum atomic E-state index is -0.0160. The summed E-state index contributed by atoms with van der Waals surface area (Å²) in [6, 6.07) is 3.89. The quantitative estimate of drug-likeness (QED) is 0.365. The zero-order valence-corrected chi connectivity index (χ0v) is 14.3. The first kappa shape index (κ1) is 18.4. The predicted molar refractivity (Wildman–Crippen MR) is 91.7 cm³/mol. The Kier molecular flexibility index (Phi) is 9.25. The summed E-state index contributed by atoms with van der Waals surface area (Å²) in [5, 5.41) is 11.3. The van der Waals surface area contributed by atoms with Gasteiger partial charge >= 0.3 is 0 Å². The van der Waals surface area contributed by atoms with E-state index >= 15 is 0 Å². The van der Waals surface area contributed by atoms with Crippen LogP contribution < -0.4 is 16.0 Å². The summed E-state index contributed by atoms with van der Waals surface area (Å²) < 4.78 is 5.10. The van der Waals surface area contributed by atoms with Gasteiger partial charge in [-0.2, -0.15) is 0 Å². The maximum Gasteiger partial charge on any atom is 0.261 e. The van der Waals surface area contributed by atoms with Crippen molar-refractivity contribution in [3.8, 4) is 0 Å². The molecule has 1 atom stereocenters. The molecule has 1 rings (SSSR count). The van der Waals surface area contributed by atoms with Crippen LogP contribution in [-0.2, 0) is 4.74 Å². The summed E-state index contributed by atoms with van der Waals surface area (Å²) in [7, 11) is 1.68. The number of aliphatic imine (C=N–C) groups is 1. The van der Waals surface area contributed by atoms with Crippen molar-refractivity contribution >= 4 is 23.2 Å². The molecule has 0 radical (unpaired) electrons. The number of carbonyl (C=O) groups excluding carboxylic acids is 1. The lowest BCUT2D eigenvalue weighted by atomic mass is 10.3. The molecule has 1 aromatic heterocycles. The van der Waals surface area contributed by atoms with Gasteiger partial charge in [-0.05, 0) is 31.7 Å². The van der Waals surface area contributed by atoms with Crippen LogP contribution in [0.3, 0.4) is 0 Å². The summed E-state index contributed by atoms with van der Waals surface area (Å²) >= 11 is 1.45. The molecule has 0 aliphatic heterocycles. The van der Waals surface area contributed by atoms with Crippen molar-refractivity contribution < 1.29 is 9.53 Å². The third-order valence-corrected chi connectivity index (χ3v) is 3.65. The van der Waals surface area contributed by atoms with E-state index in [9.17, 15) is 4.79 Å². The van der Waals surface area contributed by atoms with E-state index in [1.165, 1.54) is 11.3 Å². The number of nitrogens with one attached hydrogen (secondary N) is 3. The molecule has 1 amide bonds. The molecule has 0 saturated carbocycles. The molecular formula is C15H26N4O2S. The van der Waals surface area contributed by atoms with Crippen LogP contribution in [0, 0.1) is 0 Å². The second-order valence-corrected chi connectivity index (χ2v) is 5.80. The van der Waals surface area contributed by atoms with Crippen LogP contribution in [0.2, 0.25) is 0 Å². The topological polar surface area (TPSA) is 74.8 Å². The fourth-order valence-electron chi connectivity index (χ4n) is 1.81. The molecule has 1 unspecified atom stereocenters. The fraction of sp³-hybridized carbons (Fsp3) is 0.600. The summed E-state index contributed by atoms with van der Waals surface area (Å²) in [4.78, 5) is 17.0. The van der Waals surface area contributed by atoms with E-state index < -0.39 is 0 Å². The van der Waals surface area contributed by atoms with Gasteiger partial charge in [-0.25, -0.2) is 0 Å². The maximum atomic E-state index is 11.7. The molecule has 3 N–H and O–H groups in total. The number of amides is 1. The average Bonchev–Trinajstić information content (AvgIpc) is 3.01. The number of carbonyl (C=O) groups is 1. The van der Waals surface area contributed by atoms with Crippen LogP contribution in [0.1, 0.15) is 29.9 Å². The van der Waals surface area contributed by atoms with E-state index in [0.717, 1.165) is 23.8 Å². The van der Waals surface area contributed by atoms with Crippen molar-refractivity contribution in [3.63, 3.8) is 0 Å². The molecule has 7 heteroatoms. The standard InChI is InChI=1S/C15H26N4O2S/c1-4-16-15(19-12(2)11-21-3)18-9-6-8-17-14(20)13-7-5-10-22-13/h5,7,10,12H,4,6,8-9,11H2,1-3H3,(H,17,20)(H2,16,18,19). The summed E-state index contributed by atoms with van der Waals surface area (Å²) in [5.74, 6) is 0.759. The second-order valence-electron chi connectivity index (χ2n) is 4.85. The first-order valence-electron chi connectivity index (χ1n) is 7.52. The van der Waals surface area contributed by atoms with Crippen molar-refractivity contribution in [1.82, 2.24) is 16.0 Å². The van der Waals surface area contributed by atoms with Gasteiger partial charge in [-0.1, -0.05) is 6.07 Å². The van der Waals surface area contributed by atoms with Crippen molar-refractivity contribution in [2.75, 3.05) is 33.4 Å². The van der Waals surface area contributed by atoms with Crippen LogP contribution in [0.4, 0.5) is 0 Å².